The zero-order valence-corrected chi connectivity index (χ0v) is 8.07. The van der Waals surface area contributed by atoms with Gasteiger partial charge in [-0.25, -0.2) is 9.37 Å². The molecule has 2 rings (SSSR count). The van der Waals surface area contributed by atoms with Crippen LogP contribution in [0.1, 0.15) is 5.82 Å². The van der Waals surface area contributed by atoms with E-state index >= 15 is 0 Å². The first-order valence-corrected chi connectivity index (χ1v) is 4.40. The monoisotopic (exact) mass is 208 g/mol. The zero-order valence-electron chi connectivity index (χ0n) is 8.07. The number of halogens is 1. The van der Waals surface area contributed by atoms with Crippen molar-refractivity contribution in [3.8, 4) is 0 Å². The maximum absolute atomic E-state index is 12.9. The van der Waals surface area contributed by atoms with E-state index in [1.165, 1.54) is 12.1 Å². The summed E-state index contributed by atoms with van der Waals surface area (Å²) in [6, 6.07) is 4.21. The van der Waals surface area contributed by atoms with Crippen LogP contribution in [-0.2, 0) is 18.3 Å². The highest BCUT2D eigenvalue weighted by Crippen LogP contribution is 2.16. The number of hydrogen-bond donors (Lipinski definition) is 1. The first kappa shape index (κ1) is 9.64. The van der Waals surface area contributed by atoms with E-state index in [1.807, 2.05) is 0 Å². The molecule has 0 fully saturated rings. The van der Waals surface area contributed by atoms with Gasteiger partial charge < -0.3 is 9.67 Å². The lowest BCUT2D eigenvalue weighted by Crippen LogP contribution is -2.06. The molecule has 0 bridgehead atoms. The van der Waals surface area contributed by atoms with Crippen LogP contribution in [0.2, 0.25) is 0 Å². The number of imidazole rings is 1. The molecule has 0 amide bonds. The number of rotatable bonds is 2. The second-order valence-corrected chi connectivity index (χ2v) is 3.29. The average molecular weight is 208 g/mol. The average Bonchev–Trinajstić information content (AvgIpc) is 2.42. The molecule has 1 heterocycles. The maximum Gasteiger partial charge on any atom is 0.311 e. The molecular formula is C10H9FN2O2. The number of carboxylic acids is 1. The molecule has 0 aliphatic heterocycles. The Morgan fingerprint density at radius 2 is 2.33 bits per heavy atom. The number of carbonyl (C=O) groups is 1. The number of benzene rings is 1. The molecule has 2 aromatic rings. The van der Waals surface area contributed by atoms with Gasteiger partial charge in [0.05, 0.1) is 11.0 Å². The fourth-order valence-corrected chi connectivity index (χ4v) is 1.52. The van der Waals surface area contributed by atoms with Crippen molar-refractivity contribution in [2.75, 3.05) is 0 Å². The molecular weight excluding hydrogens is 199 g/mol. The minimum Gasteiger partial charge on any atom is -0.481 e. The Balaban J connectivity index is 2.58. The molecule has 0 unspecified atom stereocenters. The predicted molar refractivity (Wildman–Crippen MR) is 52.0 cm³/mol. The van der Waals surface area contributed by atoms with Crippen LogP contribution >= 0.6 is 0 Å². The third kappa shape index (κ3) is 1.68. The van der Waals surface area contributed by atoms with Crippen LogP contribution in [0.5, 0.6) is 0 Å². The molecule has 5 heteroatoms. The largest absolute Gasteiger partial charge is 0.481 e. The summed E-state index contributed by atoms with van der Waals surface area (Å²) in [6.45, 7) is 0. The second kappa shape index (κ2) is 3.34. The van der Waals surface area contributed by atoms with Crippen molar-refractivity contribution in [3.63, 3.8) is 0 Å². The summed E-state index contributed by atoms with van der Waals surface area (Å²) in [6.07, 6.45) is -0.160. The molecule has 0 atom stereocenters. The Bertz CT molecular complexity index is 533. The molecule has 1 aromatic carbocycles. The molecule has 78 valence electrons. The Morgan fingerprint density at radius 3 is 3.00 bits per heavy atom. The fourth-order valence-electron chi connectivity index (χ4n) is 1.52. The molecule has 1 N–H and O–H groups in total. The third-order valence-corrected chi connectivity index (χ3v) is 2.24. The number of hydrogen-bond acceptors (Lipinski definition) is 2. The van der Waals surface area contributed by atoms with Crippen molar-refractivity contribution in [1.82, 2.24) is 9.55 Å². The number of aromatic nitrogens is 2. The maximum atomic E-state index is 12.9. The van der Waals surface area contributed by atoms with Crippen molar-refractivity contribution in [2.45, 2.75) is 6.42 Å². The van der Waals surface area contributed by atoms with Crippen molar-refractivity contribution >= 4 is 17.0 Å². The predicted octanol–water partition coefficient (Wildman–Crippen LogP) is 1.34. The van der Waals surface area contributed by atoms with Crippen LogP contribution in [0.15, 0.2) is 18.2 Å². The highest BCUT2D eigenvalue weighted by atomic mass is 19.1. The molecule has 0 saturated heterocycles. The highest BCUT2D eigenvalue weighted by Gasteiger charge is 2.10. The van der Waals surface area contributed by atoms with Gasteiger partial charge in [0.2, 0.25) is 0 Å². The molecule has 0 saturated carbocycles. The topological polar surface area (TPSA) is 55.1 Å². The summed E-state index contributed by atoms with van der Waals surface area (Å²) in [7, 11) is 1.71. The van der Waals surface area contributed by atoms with E-state index in [9.17, 15) is 9.18 Å². The van der Waals surface area contributed by atoms with Crippen molar-refractivity contribution in [2.24, 2.45) is 7.05 Å². The van der Waals surface area contributed by atoms with Gasteiger partial charge in [0, 0.05) is 13.1 Å². The highest BCUT2D eigenvalue weighted by molar-refractivity contribution is 5.78. The number of nitrogens with zero attached hydrogens (tertiary/aromatic N) is 2. The minimum atomic E-state index is -0.950. The lowest BCUT2D eigenvalue weighted by molar-refractivity contribution is -0.136. The van der Waals surface area contributed by atoms with Gasteiger partial charge in [0.1, 0.15) is 18.1 Å². The van der Waals surface area contributed by atoms with Gasteiger partial charge in [-0.15, -0.1) is 0 Å². The van der Waals surface area contributed by atoms with Crippen molar-refractivity contribution in [3.05, 3.63) is 29.8 Å². The summed E-state index contributed by atoms with van der Waals surface area (Å²) < 4.78 is 14.5. The van der Waals surface area contributed by atoms with E-state index in [0.29, 0.717) is 11.3 Å². The summed E-state index contributed by atoms with van der Waals surface area (Å²) in [5.41, 5.74) is 1.21. The van der Waals surface area contributed by atoms with E-state index in [0.717, 1.165) is 5.52 Å². The molecule has 0 aliphatic rings. The van der Waals surface area contributed by atoms with Crippen molar-refractivity contribution in [1.29, 1.82) is 0 Å². The number of aryl methyl sites for hydroxylation is 1. The van der Waals surface area contributed by atoms with Gasteiger partial charge >= 0.3 is 5.97 Å². The Hall–Kier alpha value is -1.91. The fraction of sp³-hybridized carbons (Fsp3) is 0.200. The molecule has 1 aromatic heterocycles. The van der Waals surface area contributed by atoms with E-state index in [2.05, 4.69) is 4.98 Å². The van der Waals surface area contributed by atoms with Crippen LogP contribution in [0.4, 0.5) is 4.39 Å². The van der Waals surface area contributed by atoms with Gasteiger partial charge in [-0.1, -0.05) is 0 Å². The van der Waals surface area contributed by atoms with Crippen LogP contribution in [0.3, 0.4) is 0 Å². The van der Waals surface area contributed by atoms with Gasteiger partial charge in [-0.05, 0) is 12.1 Å². The standard InChI is InChI=1S/C10H9FN2O2/c1-13-8-3-2-6(11)4-7(8)12-9(13)5-10(14)15/h2-4H,5H2,1H3,(H,14,15). The summed E-state index contributed by atoms with van der Waals surface area (Å²) in [5.74, 6) is -0.903. The smallest absolute Gasteiger partial charge is 0.311 e. The SMILES string of the molecule is Cn1c(CC(=O)O)nc2cc(F)ccc21. The number of carboxylic acid groups (broad SMARTS) is 1. The lowest BCUT2D eigenvalue weighted by Gasteiger charge is -1.98. The quantitative estimate of drug-likeness (QED) is 0.810. The number of aliphatic carboxylic acids is 1. The van der Waals surface area contributed by atoms with E-state index < -0.39 is 5.97 Å². The Morgan fingerprint density at radius 1 is 1.60 bits per heavy atom. The molecule has 0 spiro atoms. The number of fused-ring (bicyclic) bond motifs is 1. The summed E-state index contributed by atoms with van der Waals surface area (Å²) in [5, 5.41) is 8.64. The van der Waals surface area contributed by atoms with Crippen LogP contribution in [0.25, 0.3) is 11.0 Å². The molecule has 0 radical (unpaired) electrons. The Labute approximate surface area is 85.0 Å². The zero-order chi connectivity index (χ0) is 11.0. The van der Waals surface area contributed by atoms with Gasteiger partial charge in [-0.2, -0.15) is 0 Å². The van der Waals surface area contributed by atoms with Gasteiger partial charge in [-0.3, -0.25) is 4.79 Å². The summed E-state index contributed by atoms with van der Waals surface area (Å²) in [4.78, 5) is 14.6. The lowest BCUT2D eigenvalue weighted by atomic mass is 10.3. The van der Waals surface area contributed by atoms with Crippen LogP contribution in [0, 0.1) is 5.82 Å². The van der Waals surface area contributed by atoms with Crippen molar-refractivity contribution < 1.29 is 14.3 Å². The van der Waals surface area contributed by atoms with Crippen LogP contribution < -0.4 is 0 Å². The van der Waals surface area contributed by atoms with E-state index in [1.54, 1.807) is 17.7 Å². The Kier molecular flexibility index (Phi) is 2.15. The summed E-state index contributed by atoms with van der Waals surface area (Å²) >= 11 is 0. The van der Waals surface area contributed by atoms with E-state index in [-0.39, 0.29) is 12.2 Å². The minimum absolute atomic E-state index is 0.160. The van der Waals surface area contributed by atoms with Gasteiger partial charge in [0.15, 0.2) is 0 Å². The van der Waals surface area contributed by atoms with Crippen LogP contribution in [-0.4, -0.2) is 20.6 Å². The molecule has 4 nitrogen and oxygen atoms in total. The third-order valence-electron chi connectivity index (χ3n) is 2.24. The molecule has 15 heavy (non-hydrogen) atoms. The normalized spacial score (nSPS) is 10.8. The second-order valence-electron chi connectivity index (χ2n) is 3.29. The molecule has 0 aliphatic carbocycles. The first-order valence-electron chi connectivity index (χ1n) is 4.40. The van der Waals surface area contributed by atoms with E-state index in [4.69, 9.17) is 5.11 Å². The van der Waals surface area contributed by atoms with Gasteiger partial charge in [0.25, 0.3) is 0 Å². The first-order chi connectivity index (χ1) is 7.08.